The maximum absolute atomic E-state index is 12.7. The molecular weight excluding hydrogens is 364 g/mol. The predicted octanol–water partition coefficient (Wildman–Crippen LogP) is 0.939. The van der Waals surface area contributed by atoms with Crippen molar-refractivity contribution in [2.45, 2.75) is 57.5 Å². The van der Waals surface area contributed by atoms with Crippen LogP contribution >= 0.6 is 0 Å². The first-order chi connectivity index (χ1) is 12.0. The number of nitrogens with zero attached hydrogens (tertiary/aromatic N) is 1. The van der Waals surface area contributed by atoms with Crippen LogP contribution < -0.4 is 5.32 Å². The highest BCUT2D eigenvalue weighted by atomic mass is 32.2. The zero-order chi connectivity index (χ0) is 20.1. The fourth-order valence-corrected chi connectivity index (χ4v) is 4.66. The molecule has 1 saturated heterocycles. The lowest BCUT2D eigenvalue weighted by Crippen LogP contribution is -2.74. The highest BCUT2D eigenvalue weighted by Crippen LogP contribution is 2.31. The van der Waals surface area contributed by atoms with Gasteiger partial charge in [-0.3, -0.25) is 4.79 Å². The van der Waals surface area contributed by atoms with Crippen molar-refractivity contribution in [2.75, 3.05) is 18.6 Å². The van der Waals surface area contributed by atoms with Gasteiger partial charge in [0.2, 0.25) is 5.91 Å². The average molecular weight is 392 g/mol. The molecule has 26 heavy (non-hydrogen) atoms. The van der Waals surface area contributed by atoms with Gasteiger partial charge in [-0.25, -0.2) is 18.0 Å². The summed E-state index contributed by atoms with van der Waals surface area (Å²) in [6.07, 6.45) is 2.22. The van der Waals surface area contributed by atoms with Crippen LogP contribution in [0, 0.1) is 5.92 Å². The summed E-state index contributed by atoms with van der Waals surface area (Å²) in [5.41, 5.74) is -2.19. The Kier molecular flexibility index (Phi) is 7.43. The number of sulfone groups is 1. The largest absolute Gasteiger partial charge is 0.479 e. The number of carbonyl (C=O) groups excluding carboxylic acids is 1. The molecule has 3 N–H and O–H groups in total. The molecule has 0 aromatic heterocycles. The Morgan fingerprint density at radius 2 is 1.73 bits per heavy atom. The second-order valence-electron chi connectivity index (χ2n) is 6.89. The van der Waals surface area contributed by atoms with Crippen molar-refractivity contribution in [1.29, 1.82) is 0 Å². The van der Waals surface area contributed by atoms with Crippen LogP contribution in [0.25, 0.3) is 0 Å². The third kappa shape index (κ3) is 5.09. The van der Waals surface area contributed by atoms with Crippen LogP contribution in [-0.2, 0) is 19.4 Å². The maximum atomic E-state index is 12.7. The maximum Gasteiger partial charge on any atom is 0.407 e. The number of likely N-dealkylation sites (tertiary alicyclic amines) is 1. The number of carbonyl (C=O) groups is 3. The normalized spacial score (nSPS) is 19.5. The Morgan fingerprint density at radius 3 is 2.04 bits per heavy atom. The lowest BCUT2D eigenvalue weighted by atomic mass is 9.82. The van der Waals surface area contributed by atoms with Crippen LogP contribution in [0.2, 0.25) is 0 Å². The Morgan fingerprint density at radius 1 is 1.19 bits per heavy atom. The molecule has 0 saturated carbocycles. The van der Waals surface area contributed by atoms with Gasteiger partial charge in [0, 0.05) is 18.7 Å². The molecule has 0 aliphatic carbocycles. The minimum absolute atomic E-state index is 0.0992. The van der Waals surface area contributed by atoms with E-state index in [0.717, 1.165) is 24.0 Å². The summed E-state index contributed by atoms with van der Waals surface area (Å²) in [5, 5.41) is 21.5. The molecule has 2 amide bonds. The molecule has 150 valence electrons. The molecule has 1 unspecified atom stereocenters. The van der Waals surface area contributed by atoms with E-state index in [1.807, 2.05) is 13.8 Å². The third-order valence-corrected chi connectivity index (χ3v) is 5.68. The smallest absolute Gasteiger partial charge is 0.407 e. The van der Waals surface area contributed by atoms with Crippen LogP contribution in [0.1, 0.15) is 46.0 Å². The van der Waals surface area contributed by atoms with Crippen LogP contribution in [-0.4, -0.2) is 71.6 Å². The highest BCUT2D eigenvalue weighted by Gasteiger charge is 2.56. The second-order valence-corrected chi connectivity index (χ2v) is 9.03. The van der Waals surface area contributed by atoms with Gasteiger partial charge >= 0.3 is 12.1 Å². The Labute approximate surface area is 153 Å². The predicted molar refractivity (Wildman–Crippen MR) is 94.7 cm³/mol. The second kappa shape index (κ2) is 8.70. The van der Waals surface area contributed by atoms with E-state index in [0.29, 0.717) is 12.8 Å². The van der Waals surface area contributed by atoms with Gasteiger partial charge in [0.1, 0.15) is 9.84 Å². The summed E-state index contributed by atoms with van der Waals surface area (Å²) >= 11 is 0. The molecular formula is C16H28N2O7S. The van der Waals surface area contributed by atoms with Crippen LogP contribution in [0.5, 0.6) is 0 Å². The van der Waals surface area contributed by atoms with E-state index >= 15 is 0 Å². The Hall–Kier alpha value is -1.84. The number of amides is 2. The summed E-state index contributed by atoms with van der Waals surface area (Å²) in [6.45, 7) is 3.89. The Balaban J connectivity index is 3.27. The molecule has 2 atom stereocenters. The fourth-order valence-electron chi connectivity index (χ4n) is 3.44. The molecule has 1 aliphatic heterocycles. The first kappa shape index (κ1) is 22.2. The number of carboxylic acid groups (broad SMARTS) is 2. The van der Waals surface area contributed by atoms with Crippen molar-refractivity contribution in [3.8, 4) is 0 Å². The van der Waals surface area contributed by atoms with Gasteiger partial charge in [0.05, 0.1) is 11.8 Å². The monoisotopic (exact) mass is 392 g/mol. The molecule has 0 aromatic rings. The first-order valence-corrected chi connectivity index (χ1v) is 10.8. The number of rotatable bonds is 10. The molecule has 1 aliphatic rings. The molecule has 0 bridgehead atoms. The standard InChI is InChI=1S/C16H28N2O7S/c1-4-6-11(7-5-2)13(19)17-16(14(20)21,10-26(3,24)25)12-8-9-18(12)15(22)23/h11-12H,4-10H2,1-3H3,(H,17,19)(H,20,21)(H,22,23)/t12?,16-/m1/s1. The van der Waals surface area contributed by atoms with Crippen LogP contribution in [0.4, 0.5) is 4.79 Å². The minimum atomic E-state index is -3.81. The van der Waals surface area contributed by atoms with Crippen molar-refractivity contribution in [2.24, 2.45) is 5.92 Å². The van der Waals surface area contributed by atoms with Gasteiger partial charge in [-0.05, 0) is 19.3 Å². The van der Waals surface area contributed by atoms with E-state index in [1.165, 1.54) is 0 Å². The van der Waals surface area contributed by atoms with Gasteiger partial charge in [0.25, 0.3) is 0 Å². The quantitative estimate of drug-likeness (QED) is 0.502. The summed E-state index contributed by atoms with van der Waals surface area (Å²) < 4.78 is 23.8. The van der Waals surface area contributed by atoms with E-state index in [4.69, 9.17) is 0 Å². The number of carboxylic acids is 1. The van der Waals surface area contributed by atoms with Gasteiger partial charge in [-0.15, -0.1) is 0 Å². The van der Waals surface area contributed by atoms with Gasteiger partial charge in [0.15, 0.2) is 5.54 Å². The van der Waals surface area contributed by atoms with Crippen molar-refractivity contribution in [3.63, 3.8) is 0 Å². The average Bonchev–Trinajstić information content (AvgIpc) is 2.42. The fraction of sp³-hybridized carbons (Fsp3) is 0.812. The molecule has 10 heteroatoms. The summed E-state index contributed by atoms with van der Waals surface area (Å²) in [5.74, 6) is -3.39. The van der Waals surface area contributed by atoms with Crippen molar-refractivity contribution in [3.05, 3.63) is 0 Å². The molecule has 0 spiro atoms. The Bertz CT molecular complexity index is 643. The molecule has 1 fully saturated rings. The van der Waals surface area contributed by atoms with Gasteiger partial charge < -0.3 is 20.4 Å². The summed E-state index contributed by atoms with van der Waals surface area (Å²) in [6, 6.07) is -1.12. The summed E-state index contributed by atoms with van der Waals surface area (Å²) in [7, 11) is -3.81. The molecule has 1 rings (SSSR count). The van der Waals surface area contributed by atoms with E-state index in [1.54, 1.807) is 0 Å². The number of aliphatic carboxylic acids is 1. The number of nitrogens with one attached hydrogen (secondary N) is 1. The van der Waals surface area contributed by atoms with Gasteiger partial charge in [-0.2, -0.15) is 0 Å². The zero-order valence-electron chi connectivity index (χ0n) is 15.4. The van der Waals surface area contributed by atoms with Crippen molar-refractivity contribution < 1.29 is 33.0 Å². The molecule has 0 aromatic carbocycles. The van der Waals surface area contributed by atoms with E-state index in [2.05, 4.69) is 5.32 Å². The SMILES string of the molecule is CCCC(CCC)C(=O)N[C@@](CS(C)(=O)=O)(C(=O)O)C1CCN1C(=O)O. The molecule has 1 heterocycles. The number of hydrogen-bond donors (Lipinski definition) is 3. The van der Waals surface area contributed by atoms with Crippen LogP contribution in [0.15, 0.2) is 0 Å². The van der Waals surface area contributed by atoms with E-state index < -0.39 is 51.1 Å². The van der Waals surface area contributed by atoms with E-state index in [9.17, 15) is 33.0 Å². The highest BCUT2D eigenvalue weighted by molar-refractivity contribution is 7.90. The lowest BCUT2D eigenvalue weighted by Gasteiger charge is -2.49. The van der Waals surface area contributed by atoms with Crippen molar-refractivity contribution in [1.82, 2.24) is 10.2 Å². The molecule has 9 nitrogen and oxygen atoms in total. The summed E-state index contributed by atoms with van der Waals surface area (Å²) in [4.78, 5) is 37.0. The third-order valence-electron chi connectivity index (χ3n) is 4.70. The lowest BCUT2D eigenvalue weighted by molar-refractivity contribution is -0.152. The number of hydrogen-bond acceptors (Lipinski definition) is 5. The molecule has 0 radical (unpaired) electrons. The first-order valence-electron chi connectivity index (χ1n) is 8.71. The van der Waals surface area contributed by atoms with Gasteiger partial charge in [-0.1, -0.05) is 26.7 Å². The zero-order valence-corrected chi connectivity index (χ0v) is 16.2. The van der Waals surface area contributed by atoms with Crippen LogP contribution in [0.3, 0.4) is 0 Å². The minimum Gasteiger partial charge on any atom is -0.479 e. The van der Waals surface area contributed by atoms with Crippen molar-refractivity contribution >= 4 is 27.8 Å². The van der Waals surface area contributed by atoms with E-state index in [-0.39, 0.29) is 13.0 Å². The topological polar surface area (TPSA) is 141 Å².